The van der Waals surface area contributed by atoms with Gasteiger partial charge in [0.25, 0.3) is 0 Å². The van der Waals surface area contributed by atoms with Crippen LogP contribution in [0, 0.1) is 0 Å². The van der Waals surface area contributed by atoms with Gasteiger partial charge in [0.2, 0.25) is 0 Å². The number of rotatable bonds is 6. The molecule has 34 heavy (non-hydrogen) atoms. The van der Waals surface area contributed by atoms with Crippen LogP contribution in [0.15, 0.2) is 47.4 Å². The number of carbonyl (C=O) groups excluding carboxylic acids is 1. The van der Waals surface area contributed by atoms with Crippen molar-refractivity contribution in [2.24, 2.45) is 0 Å². The maximum absolute atomic E-state index is 12.8. The molecule has 4 rings (SSSR count). The number of phenolic OH excluding ortho intramolecular Hbond substituents is 1. The van der Waals surface area contributed by atoms with E-state index in [4.69, 9.17) is 14.2 Å². The molecular weight excluding hydrogens is 440 g/mol. The smallest absolute Gasteiger partial charge is 0.507 e. The Morgan fingerprint density at radius 3 is 2.71 bits per heavy atom. The minimum absolute atomic E-state index is 0.0420. The molecule has 2 aromatic heterocycles. The zero-order chi connectivity index (χ0) is 24.4. The highest BCUT2D eigenvalue weighted by Crippen LogP contribution is 2.39. The second kappa shape index (κ2) is 9.26. The Labute approximate surface area is 194 Å². The third-order valence-electron chi connectivity index (χ3n) is 5.27. The van der Waals surface area contributed by atoms with Gasteiger partial charge in [-0.3, -0.25) is 4.98 Å². The van der Waals surface area contributed by atoms with E-state index in [2.05, 4.69) is 29.0 Å². The van der Waals surface area contributed by atoms with E-state index in [1.54, 1.807) is 19.2 Å². The minimum atomic E-state index is -0.938. The third-order valence-corrected chi connectivity index (χ3v) is 5.27. The van der Waals surface area contributed by atoms with Crippen molar-refractivity contribution in [1.82, 2.24) is 19.7 Å². The Balaban J connectivity index is 1.86. The fourth-order valence-corrected chi connectivity index (χ4v) is 3.56. The van der Waals surface area contributed by atoms with Gasteiger partial charge in [-0.05, 0) is 36.6 Å². The van der Waals surface area contributed by atoms with Crippen LogP contribution in [0.1, 0.15) is 32.3 Å². The van der Waals surface area contributed by atoms with Crippen LogP contribution in [-0.2, 0) is 4.74 Å². The lowest BCUT2D eigenvalue weighted by atomic mass is 10.0. The second-order valence-electron chi connectivity index (χ2n) is 7.77. The topological polar surface area (TPSA) is 129 Å². The number of aromatic nitrogens is 4. The Bertz CT molecular complexity index is 1420. The normalized spacial score (nSPS) is 11.1. The average molecular weight is 464 g/mol. The quantitative estimate of drug-likeness (QED) is 0.322. The van der Waals surface area contributed by atoms with Crippen molar-refractivity contribution in [2.75, 3.05) is 13.7 Å². The first kappa shape index (κ1) is 22.8. The van der Waals surface area contributed by atoms with Crippen molar-refractivity contribution in [2.45, 2.75) is 26.7 Å². The zero-order valence-corrected chi connectivity index (χ0v) is 19.2. The maximum atomic E-state index is 12.8. The van der Waals surface area contributed by atoms with Crippen molar-refractivity contribution in [1.29, 1.82) is 0 Å². The van der Waals surface area contributed by atoms with Crippen LogP contribution in [0.5, 0.6) is 17.2 Å². The molecule has 0 saturated heterocycles. The number of hydrogen-bond donors (Lipinski definition) is 2. The van der Waals surface area contributed by atoms with E-state index in [0.29, 0.717) is 17.1 Å². The first-order valence-corrected chi connectivity index (χ1v) is 10.7. The Morgan fingerprint density at radius 1 is 1.21 bits per heavy atom. The molecule has 4 aromatic rings. The molecule has 0 spiro atoms. The van der Waals surface area contributed by atoms with Crippen LogP contribution < -0.4 is 15.2 Å². The third kappa shape index (κ3) is 4.17. The van der Waals surface area contributed by atoms with Gasteiger partial charge in [-0.2, -0.15) is 5.10 Å². The number of aromatic amines is 1. The molecule has 10 nitrogen and oxygen atoms in total. The van der Waals surface area contributed by atoms with E-state index >= 15 is 0 Å². The lowest BCUT2D eigenvalue weighted by molar-refractivity contribution is 0.103. The van der Waals surface area contributed by atoms with Gasteiger partial charge in [0, 0.05) is 17.6 Å². The average Bonchev–Trinajstić information content (AvgIpc) is 3.19. The Kier molecular flexibility index (Phi) is 6.22. The van der Waals surface area contributed by atoms with Crippen molar-refractivity contribution in [3.05, 3.63) is 58.6 Å². The van der Waals surface area contributed by atoms with Gasteiger partial charge in [-0.15, -0.1) is 0 Å². The summed E-state index contributed by atoms with van der Waals surface area (Å²) in [5.41, 5.74) is 1.84. The summed E-state index contributed by atoms with van der Waals surface area (Å²) in [6, 6.07) is 10.1. The number of hydrogen-bond acceptors (Lipinski definition) is 8. The number of ether oxygens (including phenoxy) is 3. The van der Waals surface area contributed by atoms with Gasteiger partial charge in [-0.25, -0.2) is 19.3 Å². The molecule has 0 aliphatic rings. The Hall–Kier alpha value is -4.34. The molecule has 0 unspecified atom stereocenters. The van der Waals surface area contributed by atoms with Gasteiger partial charge in [0.05, 0.1) is 30.5 Å². The summed E-state index contributed by atoms with van der Waals surface area (Å²) in [6.45, 7) is 5.93. The van der Waals surface area contributed by atoms with Crippen LogP contribution in [0.2, 0.25) is 0 Å². The molecular formula is C24H24N4O6. The first-order valence-electron chi connectivity index (χ1n) is 10.7. The molecule has 0 bridgehead atoms. The van der Waals surface area contributed by atoms with Crippen LogP contribution in [0.4, 0.5) is 4.79 Å². The van der Waals surface area contributed by atoms with Crippen molar-refractivity contribution >= 4 is 17.1 Å². The summed E-state index contributed by atoms with van der Waals surface area (Å²) in [7, 11) is 1.38. The second-order valence-corrected chi connectivity index (χ2v) is 7.77. The fraction of sp³-hybridized carbons (Fsp3) is 0.250. The monoisotopic (exact) mass is 464 g/mol. The van der Waals surface area contributed by atoms with Gasteiger partial charge >= 0.3 is 11.8 Å². The number of phenols is 1. The molecule has 2 N–H and O–H groups in total. The van der Waals surface area contributed by atoms with E-state index in [1.165, 1.54) is 23.8 Å². The van der Waals surface area contributed by atoms with Crippen molar-refractivity contribution < 1.29 is 24.1 Å². The van der Waals surface area contributed by atoms with Gasteiger partial charge in [-0.1, -0.05) is 26.0 Å². The molecule has 0 atom stereocenters. The molecule has 0 aliphatic carbocycles. The lowest BCUT2D eigenvalue weighted by Gasteiger charge is -2.14. The molecule has 0 radical (unpaired) electrons. The number of methoxy groups -OCH3 is 1. The number of H-pyrrole nitrogens is 1. The van der Waals surface area contributed by atoms with Crippen LogP contribution >= 0.6 is 0 Å². The summed E-state index contributed by atoms with van der Waals surface area (Å²) in [4.78, 5) is 29.1. The highest BCUT2D eigenvalue weighted by Gasteiger charge is 2.22. The van der Waals surface area contributed by atoms with Crippen LogP contribution in [0.3, 0.4) is 0 Å². The van der Waals surface area contributed by atoms with E-state index in [0.717, 1.165) is 10.9 Å². The maximum Gasteiger partial charge on any atom is 0.513 e. The van der Waals surface area contributed by atoms with E-state index in [1.807, 2.05) is 18.2 Å². The van der Waals surface area contributed by atoms with Gasteiger partial charge in [0.15, 0.2) is 17.3 Å². The van der Waals surface area contributed by atoms with Crippen LogP contribution in [-0.4, -0.2) is 44.7 Å². The summed E-state index contributed by atoms with van der Waals surface area (Å²) < 4.78 is 16.5. The predicted octanol–water partition coefficient (Wildman–Crippen LogP) is 4.15. The molecule has 10 heteroatoms. The molecule has 0 saturated carbocycles. The van der Waals surface area contributed by atoms with E-state index in [9.17, 15) is 14.7 Å². The standard InChI is InChI=1S/C24H24N4O6/c1-5-33-24(31)34-20-11-18(29)16(10-19(20)32-4)22-26-27-23(30)28(22)17-8-6-7-14-9-15(13(2)3)12-25-21(14)17/h6-13,29H,5H2,1-4H3,(H,27,30). The number of benzene rings is 2. The van der Waals surface area contributed by atoms with E-state index in [-0.39, 0.29) is 35.2 Å². The molecule has 0 amide bonds. The first-order chi connectivity index (χ1) is 16.3. The molecule has 0 aliphatic heterocycles. The highest BCUT2D eigenvalue weighted by molar-refractivity contribution is 5.88. The van der Waals surface area contributed by atoms with Crippen molar-refractivity contribution in [3.63, 3.8) is 0 Å². The lowest BCUT2D eigenvalue weighted by Crippen LogP contribution is -2.16. The van der Waals surface area contributed by atoms with Gasteiger partial charge < -0.3 is 19.3 Å². The fourth-order valence-electron chi connectivity index (χ4n) is 3.56. The number of pyridine rings is 1. The number of fused-ring (bicyclic) bond motifs is 1. The van der Waals surface area contributed by atoms with E-state index < -0.39 is 11.8 Å². The molecule has 176 valence electrons. The number of nitrogens with zero attached hydrogens (tertiary/aromatic N) is 3. The Morgan fingerprint density at radius 2 is 2.00 bits per heavy atom. The number of carbonyl (C=O) groups is 1. The largest absolute Gasteiger partial charge is 0.513 e. The molecule has 0 fully saturated rings. The molecule has 2 heterocycles. The summed E-state index contributed by atoms with van der Waals surface area (Å²) in [6.07, 6.45) is 0.843. The van der Waals surface area contributed by atoms with Crippen LogP contribution in [0.25, 0.3) is 28.0 Å². The zero-order valence-electron chi connectivity index (χ0n) is 19.2. The number of nitrogens with one attached hydrogen (secondary N) is 1. The summed E-state index contributed by atoms with van der Waals surface area (Å²) in [5, 5.41) is 18.1. The summed E-state index contributed by atoms with van der Waals surface area (Å²) in [5.74, 6) is 0.244. The van der Waals surface area contributed by atoms with Gasteiger partial charge in [0.1, 0.15) is 5.75 Å². The number of aromatic hydroxyl groups is 1. The minimum Gasteiger partial charge on any atom is -0.507 e. The molecule has 2 aromatic carbocycles. The number of para-hydroxylation sites is 1. The predicted molar refractivity (Wildman–Crippen MR) is 125 cm³/mol. The summed E-state index contributed by atoms with van der Waals surface area (Å²) >= 11 is 0. The SMILES string of the molecule is CCOC(=O)Oc1cc(O)c(-c2n[nH]c(=O)n2-c2cccc3cc(C(C)C)cnc23)cc1OC. The van der Waals surface area contributed by atoms with Crippen molar-refractivity contribution in [3.8, 4) is 34.3 Å². The highest BCUT2D eigenvalue weighted by atomic mass is 16.7.